The highest BCUT2D eigenvalue weighted by Gasteiger charge is 2.15. The molecule has 160 valence electrons. The molecule has 4 aromatic heterocycles. The first kappa shape index (κ1) is 19.9. The summed E-state index contributed by atoms with van der Waals surface area (Å²) in [5.74, 6) is 0.409. The van der Waals surface area contributed by atoms with Crippen LogP contribution in [0.2, 0.25) is 0 Å². The highest BCUT2D eigenvalue weighted by Crippen LogP contribution is 2.24. The van der Waals surface area contributed by atoms with Gasteiger partial charge in [0.05, 0.1) is 6.20 Å². The molecule has 0 fully saturated rings. The van der Waals surface area contributed by atoms with Gasteiger partial charge in [0.15, 0.2) is 11.5 Å². The quantitative estimate of drug-likeness (QED) is 0.405. The fourth-order valence-electron chi connectivity index (χ4n) is 3.40. The predicted octanol–water partition coefficient (Wildman–Crippen LogP) is 2.51. The van der Waals surface area contributed by atoms with E-state index < -0.39 is 9.84 Å². The van der Waals surface area contributed by atoms with Gasteiger partial charge in [-0.15, -0.1) is 0 Å². The third kappa shape index (κ3) is 3.85. The van der Waals surface area contributed by atoms with Crippen LogP contribution in [0.3, 0.4) is 0 Å². The van der Waals surface area contributed by atoms with E-state index in [9.17, 15) is 8.42 Å². The summed E-state index contributed by atoms with van der Waals surface area (Å²) in [6.07, 6.45) is 8.02. The molecule has 11 heteroatoms. The first-order valence-electron chi connectivity index (χ1n) is 9.69. The van der Waals surface area contributed by atoms with E-state index in [0.717, 1.165) is 35.1 Å². The van der Waals surface area contributed by atoms with Crippen molar-refractivity contribution in [1.82, 2.24) is 34.5 Å². The SMILES string of the molecule is Cc1cc(Nc2ncnc3cnc(S(C)(=O)=O)nc23)ccc1Cc1ccn2ncnc2c1. The normalized spacial score (nSPS) is 11.8. The zero-order valence-electron chi connectivity index (χ0n) is 17.3. The summed E-state index contributed by atoms with van der Waals surface area (Å²) < 4.78 is 25.4. The Kier molecular flexibility index (Phi) is 4.74. The molecule has 10 nitrogen and oxygen atoms in total. The molecule has 5 aromatic rings. The molecule has 1 N–H and O–H groups in total. The Labute approximate surface area is 183 Å². The van der Waals surface area contributed by atoms with Gasteiger partial charge in [-0.2, -0.15) is 5.10 Å². The Bertz CT molecular complexity index is 1580. The number of rotatable bonds is 5. The van der Waals surface area contributed by atoms with Gasteiger partial charge in [0.2, 0.25) is 15.0 Å². The molecule has 0 aliphatic heterocycles. The minimum absolute atomic E-state index is 0.265. The van der Waals surface area contributed by atoms with E-state index in [-0.39, 0.29) is 5.16 Å². The number of hydrogen-bond donors (Lipinski definition) is 1. The summed E-state index contributed by atoms with van der Waals surface area (Å²) >= 11 is 0. The van der Waals surface area contributed by atoms with E-state index in [1.807, 2.05) is 43.5 Å². The summed E-state index contributed by atoms with van der Waals surface area (Å²) in [4.78, 5) is 20.6. The molecule has 0 saturated heterocycles. The second kappa shape index (κ2) is 7.61. The van der Waals surface area contributed by atoms with Crippen molar-refractivity contribution in [3.63, 3.8) is 0 Å². The third-order valence-electron chi connectivity index (χ3n) is 5.03. The van der Waals surface area contributed by atoms with Crippen LogP contribution in [0.5, 0.6) is 0 Å². The van der Waals surface area contributed by atoms with Crippen LogP contribution >= 0.6 is 0 Å². The zero-order chi connectivity index (χ0) is 22.3. The summed E-state index contributed by atoms with van der Waals surface area (Å²) in [6, 6.07) is 10.1. The van der Waals surface area contributed by atoms with E-state index in [0.29, 0.717) is 16.9 Å². The number of anilines is 2. The van der Waals surface area contributed by atoms with E-state index in [2.05, 4.69) is 35.3 Å². The number of aryl methyl sites for hydroxylation is 1. The fraction of sp³-hybridized carbons (Fsp3) is 0.143. The molecule has 32 heavy (non-hydrogen) atoms. The number of benzene rings is 1. The molecule has 0 atom stereocenters. The van der Waals surface area contributed by atoms with Crippen LogP contribution in [0.25, 0.3) is 16.7 Å². The number of fused-ring (bicyclic) bond motifs is 2. The minimum atomic E-state index is -3.55. The van der Waals surface area contributed by atoms with Gasteiger partial charge in [0, 0.05) is 18.1 Å². The van der Waals surface area contributed by atoms with Gasteiger partial charge in [0.25, 0.3) is 0 Å². The maximum absolute atomic E-state index is 11.8. The van der Waals surface area contributed by atoms with Gasteiger partial charge in [0.1, 0.15) is 23.7 Å². The molecule has 0 spiro atoms. The van der Waals surface area contributed by atoms with Gasteiger partial charge >= 0.3 is 0 Å². The maximum Gasteiger partial charge on any atom is 0.247 e. The van der Waals surface area contributed by atoms with Crippen molar-refractivity contribution in [2.75, 3.05) is 11.6 Å². The number of nitrogens with zero attached hydrogens (tertiary/aromatic N) is 7. The molecular formula is C21H18N8O2S. The summed E-state index contributed by atoms with van der Waals surface area (Å²) in [7, 11) is -3.55. The lowest BCUT2D eigenvalue weighted by molar-refractivity contribution is 0.593. The van der Waals surface area contributed by atoms with E-state index >= 15 is 0 Å². The number of hydrogen-bond acceptors (Lipinski definition) is 9. The third-order valence-corrected chi connectivity index (χ3v) is 5.89. The molecule has 0 unspecified atom stereocenters. The number of pyridine rings is 1. The van der Waals surface area contributed by atoms with E-state index in [4.69, 9.17) is 0 Å². The summed E-state index contributed by atoms with van der Waals surface area (Å²) in [5.41, 5.74) is 5.82. The molecular weight excluding hydrogens is 428 g/mol. The Balaban J connectivity index is 1.43. The van der Waals surface area contributed by atoms with Crippen LogP contribution in [-0.2, 0) is 16.3 Å². The molecule has 0 amide bonds. The first-order valence-corrected chi connectivity index (χ1v) is 11.6. The lowest BCUT2D eigenvalue weighted by atomic mass is 10.0. The zero-order valence-corrected chi connectivity index (χ0v) is 18.1. The largest absolute Gasteiger partial charge is 0.338 e. The standard InChI is InChI=1S/C21H18N8O2S/c1-13-7-16(4-3-15(13)8-14-5-6-29-18(9-14)24-12-26-29)27-20-19-17(23-11-25-20)10-22-21(28-19)32(2,30)31/h3-7,9-12H,8H2,1-2H3,(H,23,25,27). The van der Waals surface area contributed by atoms with Crippen LogP contribution in [0.1, 0.15) is 16.7 Å². The maximum atomic E-state index is 11.8. The lowest BCUT2D eigenvalue weighted by Crippen LogP contribution is -2.06. The van der Waals surface area contributed by atoms with Crippen molar-refractivity contribution in [2.24, 2.45) is 0 Å². The van der Waals surface area contributed by atoms with Crippen molar-refractivity contribution in [3.05, 3.63) is 72.1 Å². The van der Waals surface area contributed by atoms with Gasteiger partial charge in [-0.05, 0) is 54.3 Å². The van der Waals surface area contributed by atoms with Crippen LogP contribution < -0.4 is 5.32 Å². The van der Waals surface area contributed by atoms with Crippen molar-refractivity contribution in [2.45, 2.75) is 18.5 Å². The van der Waals surface area contributed by atoms with Crippen LogP contribution in [0.15, 0.2) is 60.5 Å². The highest BCUT2D eigenvalue weighted by molar-refractivity contribution is 7.90. The molecule has 5 rings (SSSR count). The first-order chi connectivity index (χ1) is 15.4. The molecule has 0 bridgehead atoms. The fourth-order valence-corrected chi connectivity index (χ4v) is 3.91. The number of sulfone groups is 1. The number of nitrogens with one attached hydrogen (secondary N) is 1. The average Bonchev–Trinajstić information content (AvgIpc) is 3.23. The van der Waals surface area contributed by atoms with Crippen molar-refractivity contribution >= 4 is 38.0 Å². The smallest absolute Gasteiger partial charge is 0.247 e. The molecule has 0 radical (unpaired) electrons. The molecule has 0 saturated carbocycles. The molecule has 4 heterocycles. The van der Waals surface area contributed by atoms with Gasteiger partial charge in [-0.25, -0.2) is 37.9 Å². The van der Waals surface area contributed by atoms with Crippen molar-refractivity contribution in [1.29, 1.82) is 0 Å². The van der Waals surface area contributed by atoms with E-state index in [1.54, 1.807) is 4.52 Å². The van der Waals surface area contributed by atoms with Crippen LogP contribution in [-0.4, -0.2) is 49.2 Å². The Morgan fingerprint density at radius 1 is 1.03 bits per heavy atom. The predicted molar refractivity (Wildman–Crippen MR) is 118 cm³/mol. The van der Waals surface area contributed by atoms with Gasteiger partial charge < -0.3 is 5.32 Å². The lowest BCUT2D eigenvalue weighted by Gasteiger charge is -2.12. The second-order valence-electron chi connectivity index (χ2n) is 7.42. The molecule has 0 aliphatic rings. The Morgan fingerprint density at radius 2 is 1.91 bits per heavy atom. The monoisotopic (exact) mass is 446 g/mol. The van der Waals surface area contributed by atoms with Crippen molar-refractivity contribution < 1.29 is 8.42 Å². The van der Waals surface area contributed by atoms with Gasteiger partial charge in [-0.3, -0.25) is 0 Å². The van der Waals surface area contributed by atoms with Crippen LogP contribution in [0.4, 0.5) is 11.5 Å². The second-order valence-corrected chi connectivity index (χ2v) is 9.33. The van der Waals surface area contributed by atoms with Crippen LogP contribution in [0, 0.1) is 6.92 Å². The topological polar surface area (TPSA) is 128 Å². The minimum Gasteiger partial charge on any atom is -0.338 e. The molecule has 1 aromatic carbocycles. The Hall–Kier alpha value is -3.99. The molecule has 0 aliphatic carbocycles. The van der Waals surface area contributed by atoms with E-state index in [1.165, 1.54) is 24.4 Å². The average molecular weight is 446 g/mol. The summed E-state index contributed by atoms with van der Waals surface area (Å²) in [5, 5.41) is 7.08. The van der Waals surface area contributed by atoms with Gasteiger partial charge in [-0.1, -0.05) is 6.07 Å². The van der Waals surface area contributed by atoms with Crippen molar-refractivity contribution in [3.8, 4) is 0 Å². The summed E-state index contributed by atoms with van der Waals surface area (Å²) in [6.45, 7) is 2.04. The Morgan fingerprint density at radius 3 is 2.72 bits per heavy atom. The highest BCUT2D eigenvalue weighted by atomic mass is 32.2. The number of aromatic nitrogens is 7.